The van der Waals surface area contributed by atoms with Crippen LogP contribution in [0.4, 0.5) is 5.13 Å². The van der Waals surface area contributed by atoms with E-state index < -0.39 is 10.0 Å². The average Bonchev–Trinajstić information content (AvgIpc) is 3.00. The summed E-state index contributed by atoms with van der Waals surface area (Å²) in [5.41, 5.74) is 1.30. The summed E-state index contributed by atoms with van der Waals surface area (Å²) in [4.78, 5) is 18.0. The molecule has 1 heterocycles. The van der Waals surface area contributed by atoms with Crippen molar-refractivity contribution in [3.05, 3.63) is 40.4 Å². The van der Waals surface area contributed by atoms with Gasteiger partial charge in [-0.25, -0.2) is 13.4 Å². The second-order valence-electron chi connectivity index (χ2n) is 7.14. The monoisotopic (exact) mass is 421 g/mol. The standard InChI is InChI=1S/C20H27N3O3S2/c1-4-23(17-8-6-5-7-9-17)28(25,26)18-12-10-16(11-13-18)19(24)22-20-21-14(2)15(3)27-20/h10-13,17H,4-9H2,1-3H3,(H,21,22,24). The van der Waals surface area contributed by atoms with Crippen LogP contribution in [-0.2, 0) is 10.0 Å². The Balaban J connectivity index is 1.75. The first kappa shape index (κ1) is 21.0. The van der Waals surface area contributed by atoms with Crippen molar-refractivity contribution in [3.8, 4) is 0 Å². The number of carbonyl (C=O) groups is 1. The van der Waals surface area contributed by atoms with Gasteiger partial charge in [0.2, 0.25) is 10.0 Å². The number of nitrogens with zero attached hydrogens (tertiary/aromatic N) is 2. The molecular formula is C20H27N3O3S2. The Morgan fingerprint density at radius 1 is 1.18 bits per heavy atom. The molecule has 1 amide bonds. The van der Waals surface area contributed by atoms with Gasteiger partial charge in [0.25, 0.3) is 5.91 Å². The number of anilines is 1. The van der Waals surface area contributed by atoms with Crippen LogP contribution in [0.3, 0.4) is 0 Å². The van der Waals surface area contributed by atoms with Gasteiger partial charge < -0.3 is 0 Å². The number of nitrogens with one attached hydrogen (secondary N) is 1. The van der Waals surface area contributed by atoms with Crippen LogP contribution in [0.15, 0.2) is 29.2 Å². The van der Waals surface area contributed by atoms with E-state index in [-0.39, 0.29) is 16.8 Å². The van der Waals surface area contributed by atoms with Crippen molar-refractivity contribution < 1.29 is 13.2 Å². The van der Waals surface area contributed by atoms with Crippen molar-refractivity contribution in [1.82, 2.24) is 9.29 Å². The van der Waals surface area contributed by atoms with Crippen molar-refractivity contribution in [2.45, 2.75) is 63.8 Å². The molecule has 6 nitrogen and oxygen atoms in total. The van der Waals surface area contributed by atoms with Crippen molar-refractivity contribution in [2.75, 3.05) is 11.9 Å². The van der Waals surface area contributed by atoms with E-state index in [4.69, 9.17) is 0 Å². The lowest BCUT2D eigenvalue weighted by molar-refractivity contribution is 0.102. The van der Waals surface area contributed by atoms with Gasteiger partial charge >= 0.3 is 0 Å². The zero-order valence-electron chi connectivity index (χ0n) is 16.6. The summed E-state index contributed by atoms with van der Waals surface area (Å²) in [6.45, 7) is 6.19. The van der Waals surface area contributed by atoms with Gasteiger partial charge in [0, 0.05) is 23.0 Å². The molecule has 1 aromatic carbocycles. The third kappa shape index (κ3) is 4.45. The normalized spacial score (nSPS) is 15.7. The second kappa shape index (κ2) is 8.71. The van der Waals surface area contributed by atoms with Crippen molar-refractivity contribution >= 4 is 32.4 Å². The van der Waals surface area contributed by atoms with Gasteiger partial charge in [0.1, 0.15) is 0 Å². The minimum atomic E-state index is -3.56. The highest BCUT2D eigenvalue weighted by Crippen LogP contribution is 2.28. The Hall–Kier alpha value is -1.77. The highest BCUT2D eigenvalue weighted by molar-refractivity contribution is 7.89. The smallest absolute Gasteiger partial charge is 0.257 e. The molecule has 0 saturated heterocycles. The minimum absolute atomic E-state index is 0.0723. The predicted octanol–water partition coefficient (Wildman–Crippen LogP) is 4.36. The highest BCUT2D eigenvalue weighted by Gasteiger charge is 2.31. The Bertz CT molecular complexity index is 911. The van der Waals surface area contributed by atoms with Gasteiger partial charge in [-0.2, -0.15) is 4.31 Å². The van der Waals surface area contributed by atoms with E-state index in [1.807, 2.05) is 20.8 Å². The number of sulfonamides is 1. The summed E-state index contributed by atoms with van der Waals surface area (Å²) in [7, 11) is -3.56. The average molecular weight is 422 g/mol. The van der Waals surface area contributed by atoms with Crippen LogP contribution in [0.5, 0.6) is 0 Å². The van der Waals surface area contributed by atoms with E-state index in [0.717, 1.165) is 36.3 Å². The van der Waals surface area contributed by atoms with Crippen LogP contribution in [0, 0.1) is 13.8 Å². The lowest BCUT2D eigenvalue weighted by atomic mass is 9.95. The van der Waals surface area contributed by atoms with Crippen LogP contribution >= 0.6 is 11.3 Å². The number of aryl methyl sites for hydroxylation is 2. The Labute approximate surface area is 171 Å². The molecule has 28 heavy (non-hydrogen) atoms. The molecule has 1 fully saturated rings. The summed E-state index contributed by atoms with van der Waals surface area (Å²) in [6.07, 6.45) is 5.16. The number of thiazole rings is 1. The lowest BCUT2D eigenvalue weighted by Gasteiger charge is -2.32. The fraction of sp³-hybridized carbons (Fsp3) is 0.500. The molecule has 1 aliphatic rings. The molecule has 0 radical (unpaired) electrons. The predicted molar refractivity (Wildman–Crippen MR) is 112 cm³/mol. The summed E-state index contributed by atoms with van der Waals surface area (Å²) in [5.74, 6) is -0.294. The van der Waals surface area contributed by atoms with Gasteiger partial charge in [0.15, 0.2) is 5.13 Å². The fourth-order valence-corrected chi connectivity index (χ4v) is 6.11. The molecule has 1 saturated carbocycles. The molecule has 1 aromatic heterocycles. The molecule has 0 bridgehead atoms. The highest BCUT2D eigenvalue weighted by atomic mass is 32.2. The maximum absolute atomic E-state index is 13.1. The molecule has 0 aliphatic heterocycles. The Kier molecular flexibility index (Phi) is 6.52. The number of hydrogen-bond acceptors (Lipinski definition) is 5. The van der Waals surface area contributed by atoms with Gasteiger partial charge in [0.05, 0.1) is 10.6 Å². The summed E-state index contributed by atoms with van der Waals surface area (Å²) in [6, 6.07) is 6.24. The summed E-state index contributed by atoms with van der Waals surface area (Å²) in [5, 5.41) is 3.32. The van der Waals surface area contributed by atoms with Crippen LogP contribution in [0.1, 0.15) is 60.0 Å². The van der Waals surface area contributed by atoms with E-state index in [1.54, 1.807) is 16.4 Å². The number of aromatic nitrogens is 1. The van der Waals surface area contributed by atoms with Crippen LogP contribution in [0.2, 0.25) is 0 Å². The number of benzene rings is 1. The molecule has 0 unspecified atom stereocenters. The number of amides is 1. The first-order valence-corrected chi connectivity index (χ1v) is 12.0. The van der Waals surface area contributed by atoms with Gasteiger partial charge in [-0.1, -0.05) is 26.2 Å². The third-order valence-corrected chi connectivity index (χ3v) is 8.30. The minimum Gasteiger partial charge on any atom is -0.298 e. The zero-order valence-corrected chi connectivity index (χ0v) is 18.2. The topological polar surface area (TPSA) is 79.4 Å². The molecule has 2 aromatic rings. The third-order valence-electron chi connectivity index (χ3n) is 5.27. The van der Waals surface area contributed by atoms with E-state index in [1.165, 1.54) is 29.9 Å². The quantitative estimate of drug-likeness (QED) is 0.752. The van der Waals surface area contributed by atoms with Crippen molar-refractivity contribution in [2.24, 2.45) is 0 Å². The van der Waals surface area contributed by atoms with E-state index in [2.05, 4.69) is 10.3 Å². The van der Waals surface area contributed by atoms with E-state index >= 15 is 0 Å². The molecule has 152 valence electrons. The number of carbonyl (C=O) groups excluding carboxylic acids is 1. The maximum atomic E-state index is 13.1. The largest absolute Gasteiger partial charge is 0.298 e. The van der Waals surface area contributed by atoms with Crippen LogP contribution in [0.25, 0.3) is 0 Å². The first-order chi connectivity index (χ1) is 13.3. The zero-order chi connectivity index (χ0) is 20.3. The molecular weight excluding hydrogens is 394 g/mol. The molecule has 1 aliphatic carbocycles. The fourth-order valence-electron chi connectivity index (χ4n) is 3.60. The maximum Gasteiger partial charge on any atom is 0.257 e. The lowest BCUT2D eigenvalue weighted by Crippen LogP contribution is -2.41. The first-order valence-electron chi connectivity index (χ1n) is 9.70. The van der Waals surface area contributed by atoms with Crippen LogP contribution in [-0.4, -0.2) is 36.2 Å². The van der Waals surface area contributed by atoms with Crippen molar-refractivity contribution in [3.63, 3.8) is 0 Å². The molecule has 0 spiro atoms. The van der Waals surface area contributed by atoms with Gasteiger partial charge in [-0.15, -0.1) is 11.3 Å². The molecule has 3 rings (SSSR count). The van der Waals surface area contributed by atoms with E-state index in [9.17, 15) is 13.2 Å². The second-order valence-corrected chi connectivity index (χ2v) is 10.2. The van der Waals surface area contributed by atoms with Gasteiger partial charge in [-0.05, 0) is 51.0 Å². The SMILES string of the molecule is CCN(C1CCCCC1)S(=O)(=O)c1ccc(C(=O)Nc2nc(C)c(C)s2)cc1. The molecule has 0 atom stereocenters. The molecule has 1 N–H and O–H groups in total. The number of hydrogen-bond donors (Lipinski definition) is 1. The number of rotatable bonds is 6. The van der Waals surface area contributed by atoms with Gasteiger partial charge in [-0.3, -0.25) is 10.1 Å². The van der Waals surface area contributed by atoms with Crippen LogP contribution < -0.4 is 5.32 Å². The van der Waals surface area contributed by atoms with E-state index in [0.29, 0.717) is 17.2 Å². The Morgan fingerprint density at radius 3 is 2.36 bits per heavy atom. The summed E-state index contributed by atoms with van der Waals surface area (Å²) < 4.78 is 27.8. The van der Waals surface area contributed by atoms with Crippen molar-refractivity contribution in [1.29, 1.82) is 0 Å². The Morgan fingerprint density at radius 2 is 1.82 bits per heavy atom. The summed E-state index contributed by atoms with van der Waals surface area (Å²) >= 11 is 1.42. The molecule has 8 heteroatoms.